The second kappa shape index (κ2) is 8.83. The van der Waals surface area contributed by atoms with Crippen LogP contribution in [0, 0.1) is 5.92 Å². The molecule has 138 valence electrons. The van der Waals surface area contributed by atoms with Gasteiger partial charge in [-0.1, -0.05) is 6.07 Å². The normalized spacial score (nSPS) is 26.4. The van der Waals surface area contributed by atoms with Gasteiger partial charge in [-0.25, -0.2) is 0 Å². The minimum Gasteiger partial charge on any atom is -0.459 e. The van der Waals surface area contributed by atoms with Crippen LogP contribution < -0.4 is 0 Å². The van der Waals surface area contributed by atoms with Crippen molar-refractivity contribution in [3.05, 3.63) is 34.2 Å². The van der Waals surface area contributed by atoms with E-state index in [9.17, 15) is 9.90 Å². The highest BCUT2D eigenvalue weighted by atomic mass is 32.1. The summed E-state index contributed by atoms with van der Waals surface area (Å²) in [6.07, 6.45) is 5.14. The van der Waals surface area contributed by atoms with Crippen LogP contribution >= 0.6 is 11.3 Å². The van der Waals surface area contributed by atoms with Gasteiger partial charge >= 0.3 is 0 Å². The minimum absolute atomic E-state index is 0.0237. The zero-order chi connectivity index (χ0) is 17.6. The summed E-state index contributed by atoms with van der Waals surface area (Å²) in [6, 6.07) is 4.13. The molecule has 0 aromatic carbocycles. The fourth-order valence-corrected chi connectivity index (χ4v) is 4.52. The van der Waals surface area contributed by atoms with E-state index in [1.165, 1.54) is 4.88 Å². The van der Waals surface area contributed by atoms with Crippen LogP contribution in [0.15, 0.2) is 29.3 Å². The molecule has 1 aromatic rings. The number of likely N-dealkylation sites (tertiary alicyclic amines) is 1. The van der Waals surface area contributed by atoms with Crippen molar-refractivity contribution in [3.8, 4) is 0 Å². The van der Waals surface area contributed by atoms with Crippen molar-refractivity contribution in [3.63, 3.8) is 0 Å². The molecule has 2 aliphatic heterocycles. The first-order chi connectivity index (χ1) is 12.2. The average Bonchev–Trinajstić information content (AvgIpc) is 3.33. The van der Waals surface area contributed by atoms with Crippen molar-refractivity contribution in [2.24, 2.45) is 5.92 Å². The topological polar surface area (TPSA) is 59.0 Å². The van der Waals surface area contributed by atoms with E-state index < -0.39 is 6.29 Å². The number of nitrogens with zero attached hydrogens (tertiary/aromatic N) is 1. The highest BCUT2D eigenvalue weighted by Crippen LogP contribution is 2.41. The molecule has 25 heavy (non-hydrogen) atoms. The highest BCUT2D eigenvalue weighted by molar-refractivity contribution is 7.10. The molecule has 3 rings (SSSR count). The lowest BCUT2D eigenvalue weighted by Gasteiger charge is -2.37. The Morgan fingerprint density at radius 1 is 1.44 bits per heavy atom. The van der Waals surface area contributed by atoms with E-state index >= 15 is 0 Å². The maximum atomic E-state index is 12.8. The lowest BCUT2D eigenvalue weighted by Crippen LogP contribution is -2.39. The first-order valence-electron chi connectivity index (χ1n) is 9.18. The monoisotopic (exact) mass is 365 g/mol. The summed E-state index contributed by atoms with van der Waals surface area (Å²) in [5.74, 6) is 0.572. The third-order valence-corrected chi connectivity index (χ3v) is 5.86. The van der Waals surface area contributed by atoms with E-state index in [-0.39, 0.29) is 24.3 Å². The van der Waals surface area contributed by atoms with Crippen LogP contribution in [0.1, 0.15) is 43.4 Å². The Bertz CT molecular complexity index is 580. The van der Waals surface area contributed by atoms with Crippen LogP contribution in [-0.2, 0) is 14.3 Å². The highest BCUT2D eigenvalue weighted by Gasteiger charge is 2.39. The maximum absolute atomic E-state index is 12.8. The molecule has 0 unspecified atom stereocenters. The van der Waals surface area contributed by atoms with Gasteiger partial charge in [0.25, 0.3) is 5.91 Å². The van der Waals surface area contributed by atoms with E-state index in [0.717, 1.165) is 32.4 Å². The SMILES string of the molecule is CCO[C@H]1OC(C(=O)N2CCCC2)=C[C@@H](c2cccs2)[C@H]1CCCO. The van der Waals surface area contributed by atoms with Gasteiger partial charge in [0.1, 0.15) is 0 Å². The van der Waals surface area contributed by atoms with E-state index in [2.05, 4.69) is 11.4 Å². The van der Waals surface area contributed by atoms with Crippen LogP contribution in [0.3, 0.4) is 0 Å². The lowest BCUT2D eigenvalue weighted by atomic mass is 9.84. The molecule has 5 nitrogen and oxygen atoms in total. The first kappa shape index (κ1) is 18.4. The average molecular weight is 365 g/mol. The number of ether oxygens (including phenoxy) is 2. The molecule has 6 heteroatoms. The fraction of sp³-hybridized carbons (Fsp3) is 0.632. The molecular weight excluding hydrogens is 338 g/mol. The van der Waals surface area contributed by atoms with Gasteiger partial charge in [0.2, 0.25) is 6.29 Å². The number of hydrogen-bond donors (Lipinski definition) is 1. The third kappa shape index (κ3) is 4.25. The van der Waals surface area contributed by atoms with E-state index in [0.29, 0.717) is 18.8 Å². The molecule has 1 fully saturated rings. The summed E-state index contributed by atoms with van der Waals surface area (Å²) < 4.78 is 11.9. The number of hydrogen-bond acceptors (Lipinski definition) is 5. The van der Waals surface area contributed by atoms with Crippen molar-refractivity contribution in [1.82, 2.24) is 4.90 Å². The van der Waals surface area contributed by atoms with Crippen LogP contribution in [0.5, 0.6) is 0 Å². The molecule has 0 spiro atoms. The summed E-state index contributed by atoms with van der Waals surface area (Å²) in [5.41, 5.74) is 0. The van der Waals surface area contributed by atoms with Crippen LogP contribution in [-0.4, -0.2) is 48.5 Å². The molecule has 1 saturated heterocycles. The van der Waals surface area contributed by atoms with E-state index in [1.807, 2.05) is 24.0 Å². The van der Waals surface area contributed by atoms with Crippen LogP contribution in [0.2, 0.25) is 0 Å². The molecule has 2 aliphatic rings. The first-order valence-corrected chi connectivity index (χ1v) is 10.1. The van der Waals surface area contributed by atoms with E-state index in [1.54, 1.807) is 11.3 Å². The zero-order valence-corrected chi connectivity index (χ0v) is 15.5. The second-order valence-electron chi connectivity index (χ2n) is 6.54. The largest absolute Gasteiger partial charge is 0.459 e. The summed E-state index contributed by atoms with van der Waals surface area (Å²) in [6.45, 7) is 4.22. The minimum atomic E-state index is -0.449. The quantitative estimate of drug-likeness (QED) is 0.807. The predicted octanol–water partition coefficient (Wildman–Crippen LogP) is 3.12. The molecule has 3 atom stereocenters. The smallest absolute Gasteiger partial charge is 0.288 e. The van der Waals surface area contributed by atoms with Crippen molar-refractivity contribution in [2.75, 3.05) is 26.3 Å². The molecule has 0 bridgehead atoms. The van der Waals surface area contributed by atoms with Crippen molar-refractivity contribution in [1.29, 1.82) is 0 Å². The standard InChI is InChI=1S/C19H27NO4S/c1-2-23-19-14(7-5-11-21)15(17-8-6-12-25-17)13-16(24-19)18(22)20-9-3-4-10-20/h6,8,12-15,19,21H,2-5,7,9-11H2,1H3/t14-,15-,19+/m1/s1. The number of allylic oxidation sites excluding steroid dienone is 1. The summed E-state index contributed by atoms with van der Waals surface area (Å²) in [7, 11) is 0. The maximum Gasteiger partial charge on any atom is 0.288 e. The number of carbonyl (C=O) groups is 1. The molecule has 0 radical (unpaired) electrons. The second-order valence-corrected chi connectivity index (χ2v) is 7.52. The van der Waals surface area contributed by atoms with Crippen LogP contribution in [0.25, 0.3) is 0 Å². The fourth-order valence-electron chi connectivity index (χ4n) is 3.64. The Hall–Kier alpha value is -1.37. The zero-order valence-electron chi connectivity index (χ0n) is 14.7. The van der Waals surface area contributed by atoms with Crippen molar-refractivity contribution >= 4 is 17.2 Å². The number of aliphatic hydroxyl groups is 1. The van der Waals surface area contributed by atoms with Crippen molar-refractivity contribution < 1.29 is 19.4 Å². The number of carbonyl (C=O) groups excluding carboxylic acids is 1. The Morgan fingerprint density at radius 2 is 2.24 bits per heavy atom. The van der Waals surface area contributed by atoms with Crippen molar-refractivity contribution in [2.45, 2.75) is 44.8 Å². The van der Waals surface area contributed by atoms with Gasteiger partial charge in [0, 0.05) is 43.0 Å². The van der Waals surface area contributed by atoms with Gasteiger partial charge in [-0.3, -0.25) is 4.79 Å². The lowest BCUT2D eigenvalue weighted by molar-refractivity contribution is -0.169. The Kier molecular flexibility index (Phi) is 6.51. The van der Waals surface area contributed by atoms with Gasteiger partial charge < -0.3 is 19.5 Å². The summed E-state index contributed by atoms with van der Waals surface area (Å²) in [5, 5.41) is 11.3. The van der Waals surface area contributed by atoms with E-state index in [4.69, 9.17) is 9.47 Å². The molecule has 1 amide bonds. The molecule has 3 heterocycles. The third-order valence-electron chi connectivity index (χ3n) is 4.89. The van der Waals surface area contributed by atoms with Crippen LogP contribution in [0.4, 0.5) is 0 Å². The molecule has 1 aromatic heterocycles. The van der Waals surface area contributed by atoms with Gasteiger partial charge in [-0.2, -0.15) is 0 Å². The number of rotatable bonds is 7. The molecule has 0 saturated carbocycles. The molecule has 1 N–H and O–H groups in total. The predicted molar refractivity (Wildman–Crippen MR) is 97.3 cm³/mol. The Morgan fingerprint density at radius 3 is 2.88 bits per heavy atom. The van der Waals surface area contributed by atoms with Gasteiger partial charge in [-0.05, 0) is 50.1 Å². The Balaban J connectivity index is 1.88. The molecular formula is C19H27NO4S. The summed E-state index contributed by atoms with van der Waals surface area (Å²) in [4.78, 5) is 15.9. The van der Waals surface area contributed by atoms with Gasteiger partial charge in [-0.15, -0.1) is 11.3 Å². The van der Waals surface area contributed by atoms with Gasteiger partial charge in [0.15, 0.2) is 5.76 Å². The number of amides is 1. The number of aliphatic hydroxyl groups excluding tert-OH is 1. The number of thiophene rings is 1. The summed E-state index contributed by atoms with van der Waals surface area (Å²) >= 11 is 1.69. The molecule has 0 aliphatic carbocycles. The van der Waals surface area contributed by atoms with Gasteiger partial charge in [0.05, 0.1) is 0 Å². The Labute approximate surface area is 153 Å².